The molecule has 0 saturated heterocycles. The van der Waals surface area contributed by atoms with E-state index < -0.39 is 0 Å². The molecule has 3 aromatic carbocycles. The van der Waals surface area contributed by atoms with Crippen LogP contribution in [0.15, 0.2) is 83.9 Å². The lowest BCUT2D eigenvalue weighted by molar-refractivity contribution is 0.389. The topological polar surface area (TPSA) is 46.5 Å². The number of hydrogen-bond acceptors (Lipinski definition) is 4. The minimum absolute atomic E-state index is 0.162. The number of aliphatic imine (C=N–C) groups is 1. The van der Waals surface area contributed by atoms with E-state index in [2.05, 4.69) is 59.9 Å². The molecule has 6 rings (SSSR count). The second-order valence-corrected chi connectivity index (χ2v) is 8.99. The number of rotatable bonds is 3. The number of nitrogens with zero attached hydrogens (tertiary/aromatic N) is 2. The summed E-state index contributed by atoms with van der Waals surface area (Å²) >= 11 is 0. The maximum absolute atomic E-state index is 6.04. The Bertz CT molecular complexity index is 1360. The lowest BCUT2D eigenvalue weighted by Crippen LogP contribution is -2.43. The molecule has 33 heavy (non-hydrogen) atoms. The van der Waals surface area contributed by atoms with Gasteiger partial charge in [-0.05, 0) is 36.5 Å². The Labute approximate surface area is 194 Å². The molecule has 0 bridgehead atoms. The largest absolute Gasteiger partial charge is 0.494 e. The molecule has 2 aliphatic rings. The third-order valence-corrected chi connectivity index (χ3v) is 7.03. The van der Waals surface area contributed by atoms with Crippen LogP contribution >= 0.6 is 0 Å². The van der Waals surface area contributed by atoms with Gasteiger partial charge in [0, 0.05) is 10.9 Å². The molecule has 1 unspecified atom stereocenters. The first-order valence-electron chi connectivity index (χ1n) is 11.7. The molecule has 4 heteroatoms. The molecule has 1 N–H and O–H groups in total. The summed E-state index contributed by atoms with van der Waals surface area (Å²) in [6.45, 7) is 0.736. The standard InChI is InChI=1S/C29H27N3O/c1-33-27-25(22-15-6-8-17-24(22)31-26(27)21-13-3-2-4-14-21)28-30-19-29(32-28)18-10-9-12-20-11-5-7-16-23(20)29/h2-8,11,13-17H,9-10,12,18-19H2,1H3,(H,30,32). The smallest absolute Gasteiger partial charge is 0.156 e. The van der Waals surface area contributed by atoms with Crippen LogP contribution in [0.1, 0.15) is 36.0 Å². The molecule has 1 spiro atoms. The zero-order chi connectivity index (χ0) is 22.3. The molecule has 1 aromatic heterocycles. The van der Waals surface area contributed by atoms with Gasteiger partial charge >= 0.3 is 0 Å². The van der Waals surface area contributed by atoms with E-state index in [0.717, 1.165) is 58.7 Å². The zero-order valence-corrected chi connectivity index (χ0v) is 18.8. The van der Waals surface area contributed by atoms with Crippen LogP contribution in [-0.2, 0) is 12.0 Å². The Hall–Kier alpha value is -3.66. The average molecular weight is 434 g/mol. The zero-order valence-electron chi connectivity index (χ0n) is 18.8. The number of hydrogen-bond donors (Lipinski definition) is 1. The molecule has 0 radical (unpaired) electrons. The van der Waals surface area contributed by atoms with Crippen LogP contribution in [0, 0.1) is 0 Å². The number of nitrogens with one attached hydrogen (secondary N) is 1. The minimum Gasteiger partial charge on any atom is -0.494 e. The summed E-state index contributed by atoms with van der Waals surface area (Å²) in [5.41, 5.74) is 6.50. The predicted molar refractivity (Wildman–Crippen MR) is 134 cm³/mol. The number of fused-ring (bicyclic) bond motifs is 3. The van der Waals surface area contributed by atoms with E-state index in [1.165, 1.54) is 24.0 Å². The van der Waals surface area contributed by atoms with Gasteiger partial charge in [-0.2, -0.15) is 0 Å². The van der Waals surface area contributed by atoms with Gasteiger partial charge in [-0.15, -0.1) is 0 Å². The van der Waals surface area contributed by atoms with Crippen molar-refractivity contribution in [1.82, 2.24) is 10.3 Å². The first-order chi connectivity index (χ1) is 16.3. The van der Waals surface area contributed by atoms with Gasteiger partial charge < -0.3 is 10.1 Å². The maximum atomic E-state index is 6.04. The number of pyridine rings is 1. The lowest BCUT2D eigenvalue weighted by atomic mass is 9.85. The van der Waals surface area contributed by atoms with E-state index >= 15 is 0 Å². The van der Waals surface area contributed by atoms with Gasteiger partial charge in [-0.25, -0.2) is 4.98 Å². The highest BCUT2D eigenvalue weighted by molar-refractivity contribution is 6.14. The summed E-state index contributed by atoms with van der Waals surface area (Å²) < 4.78 is 6.04. The molecular formula is C29H27N3O. The number of ether oxygens (including phenoxy) is 1. The van der Waals surface area contributed by atoms with Crippen molar-refractivity contribution in [2.75, 3.05) is 13.7 Å². The van der Waals surface area contributed by atoms with Crippen LogP contribution in [-0.4, -0.2) is 24.5 Å². The van der Waals surface area contributed by atoms with Crippen LogP contribution in [0.3, 0.4) is 0 Å². The van der Waals surface area contributed by atoms with Crippen molar-refractivity contribution in [2.24, 2.45) is 4.99 Å². The van der Waals surface area contributed by atoms with Crippen LogP contribution in [0.5, 0.6) is 5.75 Å². The van der Waals surface area contributed by atoms with Gasteiger partial charge in [0.15, 0.2) is 5.75 Å². The summed E-state index contributed by atoms with van der Waals surface area (Å²) in [5, 5.41) is 4.96. The van der Waals surface area contributed by atoms with Crippen LogP contribution in [0.2, 0.25) is 0 Å². The van der Waals surface area contributed by atoms with Crippen LogP contribution in [0.25, 0.3) is 22.2 Å². The van der Waals surface area contributed by atoms with Crippen molar-refractivity contribution in [3.05, 3.63) is 95.6 Å². The van der Waals surface area contributed by atoms with Gasteiger partial charge in [0.25, 0.3) is 0 Å². The Balaban J connectivity index is 1.53. The number of methoxy groups -OCH3 is 1. The highest BCUT2D eigenvalue weighted by Crippen LogP contribution is 2.41. The molecule has 164 valence electrons. The van der Waals surface area contributed by atoms with Crippen molar-refractivity contribution in [3.8, 4) is 17.0 Å². The Morgan fingerprint density at radius 1 is 0.879 bits per heavy atom. The summed E-state index contributed by atoms with van der Waals surface area (Å²) in [4.78, 5) is 10.1. The van der Waals surface area contributed by atoms with Crippen molar-refractivity contribution in [3.63, 3.8) is 0 Å². The van der Waals surface area contributed by atoms with Gasteiger partial charge in [-0.3, -0.25) is 4.99 Å². The average Bonchev–Trinajstić information content (AvgIpc) is 3.22. The normalized spacial score (nSPS) is 19.6. The first-order valence-corrected chi connectivity index (χ1v) is 11.7. The molecule has 1 aliphatic carbocycles. The van der Waals surface area contributed by atoms with Gasteiger partial charge in [0.1, 0.15) is 11.5 Å². The molecular weight excluding hydrogens is 406 g/mol. The van der Waals surface area contributed by atoms with Crippen molar-refractivity contribution in [1.29, 1.82) is 0 Å². The molecule has 2 heterocycles. The molecule has 0 amide bonds. The van der Waals surface area contributed by atoms with Gasteiger partial charge in [0.05, 0.1) is 30.3 Å². The fourth-order valence-electron chi connectivity index (χ4n) is 5.46. The monoisotopic (exact) mass is 433 g/mol. The number of para-hydroxylation sites is 1. The highest BCUT2D eigenvalue weighted by Gasteiger charge is 2.40. The Kier molecular flexibility index (Phi) is 4.87. The molecule has 1 atom stereocenters. The fourth-order valence-corrected chi connectivity index (χ4v) is 5.46. The molecule has 4 aromatic rings. The number of aromatic nitrogens is 1. The molecule has 1 aliphatic heterocycles. The SMILES string of the molecule is COc1c(-c2ccccc2)nc2ccccc2c1C1=NCC2(CCCCc3ccccc32)N1. The third-order valence-electron chi connectivity index (χ3n) is 7.03. The van der Waals surface area contributed by atoms with Crippen LogP contribution < -0.4 is 10.1 Å². The molecule has 4 nitrogen and oxygen atoms in total. The third kappa shape index (κ3) is 3.29. The van der Waals surface area contributed by atoms with Crippen LogP contribution in [0.4, 0.5) is 0 Å². The van der Waals surface area contributed by atoms with E-state index in [4.69, 9.17) is 14.7 Å². The van der Waals surface area contributed by atoms with Crippen molar-refractivity contribution in [2.45, 2.75) is 31.2 Å². The predicted octanol–water partition coefficient (Wildman–Crippen LogP) is 5.88. The van der Waals surface area contributed by atoms with Gasteiger partial charge in [-0.1, -0.05) is 79.2 Å². The van der Waals surface area contributed by atoms with Crippen molar-refractivity contribution >= 4 is 16.7 Å². The van der Waals surface area contributed by atoms with E-state index in [-0.39, 0.29) is 5.54 Å². The lowest BCUT2D eigenvalue weighted by Gasteiger charge is -2.31. The summed E-state index contributed by atoms with van der Waals surface area (Å²) in [7, 11) is 1.73. The van der Waals surface area contributed by atoms with Crippen molar-refractivity contribution < 1.29 is 4.74 Å². The second kappa shape index (κ2) is 8.04. The summed E-state index contributed by atoms with van der Waals surface area (Å²) in [5.74, 6) is 1.67. The minimum atomic E-state index is -0.162. The Morgan fingerprint density at radius 2 is 1.67 bits per heavy atom. The summed E-state index contributed by atoms with van der Waals surface area (Å²) in [6, 6.07) is 27.4. The number of benzene rings is 3. The summed E-state index contributed by atoms with van der Waals surface area (Å²) in [6.07, 6.45) is 4.62. The van der Waals surface area contributed by atoms with Gasteiger partial charge in [0.2, 0.25) is 0 Å². The number of aryl methyl sites for hydroxylation is 1. The molecule has 0 fully saturated rings. The fraction of sp³-hybridized carbons (Fsp3) is 0.241. The number of amidine groups is 1. The maximum Gasteiger partial charge on any atom is 0.156 e. The first kappa shape index (κ1) is 20.0. The van der Waals surface area contributed by atoms with E-state index in [1.807, 2.05) is 24.3 Å². The van der Waals surface area contributed by atoms with E-state index in [0.29, 0.717) is 0 Å². The second-order valence-electron chi connectivity index (χ2n) is 8.99. The van der Waals surface area contributed by atoms with E-state index in [1.54, 1.807) is 7.11 Å². The molecule has 0 saturated carbocycles. The highest BCUT2D eigenvalue weighted by atomic mass is 16.5. The quantitative estimate of drug-likeness (QED) is 0.439. The Morgan fingerprint density at radius 3 is 2.55 bits per heavy atom. The van der Waals surface area contributed by atoms with E-state index in [9.17, 15) is 0 Å².